The molecule has 5 nitrogen and oxygen atoms in total. The van der Waals surface area contributed by atoms with E-state index in [1.807, 2.05) is 49.4 Å². The van der Waals surface area contributed by atoms with Crippen LogP contribution in [-0.2, 0) is 0 Å². The van der Waals surface area contributed by atoms with Crippen LogP contribution in [0, 0.1) is 0 Å². The third-order valence-corrected chi connectivity index (χ3v) is 3.87. The highest BCUT2D eigenvalue weighted by Gasteiger charge is 2.06. The Bertz CT molecular complexity index is 875. The maximum atomic E-state index is 12.2. The van der Waals surface area contributed by atoms with Gasteiger partial charge in [-0.15, -0.1) is 0 Å². The second kappa shape index (κ2) is 8.85. The van der Waals surface area contributed by atoms with Gasteiger partial charge in [-0.1, -0.05) is 24.3 Å². The molecule has 0 saturated carbocycles. The Hall–Kier alpha value is -3.08. The minimum Gasteiger partial charge on any atom is -0.494 e. The largest absolute Gasteiger partial charge is 0.494 e. The smallest absolute Gasteiger partial charge is 0.251 e. The van der Waals surface area contributed by atoms with Gasteiger partial charge in [0.05, 0.1) is 13.2 Å². The molecule has 1 N–H and O–H groups in total. The van der Waals surface area contributed by atoms with Crippen molar-refractivity contribution in [2.45, 2.75) is 13.3 Å². The van der Waals surface area contributed by atoms with Crippen molar-refractivity contribution in [2.24, 2.45) is 0 Å². The van der Waals surface area contributed by atoms with Crippen molar-refractivity contribution in [1.82, 2.24) is 10.3 Å². The fourth-order valence-electron chi connectivity index (χ4n) is 2.64. The number of benzene rings is 2. The van der Waals surface area contributed by atoms with Crippen molar-refractivity contribution < 1.29 is 14.3 Å². The van der Waals surface area contributed by atoms with E-state index in [1.165, 1.54) is 0 Å². The molecular formula is C21H22N2O3. The summed E-state index contributed by atoms with van der Waals surface area (Å²) in [6.07, 6.45) is 2.46. The second-order valence-electron chi connectivity index (χ2n) is 5.75. The number of amides is 1. The van der Waals surface area contributed by atoms with Gasteiger partial charge >= 0.3 is 0 Å². The highest BCUT2D eigenvalue weighted by molar-refractivity contribution is 5.94. The van der Waals surface area contributed by atoms with Crippen LogP contribution in [0.3, 0.4) is 0 Å². The summed E-state index contributed by atoms with van der Waals surface area (Å²) in [5.74, 6) is 1.35. The number of para-hydroxylation sites is 1. The zero-order valence-corrected chi connectivity index (χ0v) is 14.8. The average Bonchev–Trinajstić information content (AvgIpc) is 2.68. The summed E-state index contributed by atoms with van der Waals surface area (Å²) in [5, 5.41) is 3.95. The molecule has 0 atom stereocenters. The first-order valence-corrected chi connectivity index (χ1v) is 8.75. The van der Waals surface area contributed by atoms with E-state index in [0.717, 1.165) is 16.7 Å². The Labute approximate surface area is 153 Å². The first-order chi connectivity index (χ1) is 12.8. The first-order valence-electron chi connectivity index (χ1n) is 8.75. The van der Waals surface area contributed by atoms with Crippen LogP contribution < -0.4 is 14.8 Å². The lowest BCUT2D eigenvalue weighted by molar-refractivity contribution is 0.0951. The van der Waals surface area contributed by atoms with E-state index in [4.69, 9.17) is 9.47 Å². The number of aromatic nitrogens is 1. The quantitative estimate of drug-likeness (QED) is 0.627. The molecule has 0 radical (unpaired) electrons. The molecular weight excluding hydrogens is 328 g/mol. The third kappa shape index (κ3) is 4.51. The van der Waals surface area contributed by atoms with E-state index in [0.29, 0.717) is 37.5 Å². The average molecular weight is 350 g/mol. The summed E-state index contributed by atoms with van der Waals surface area (Å²) >= 11 is 0. The van der Waals surface area contributed by atoms with E-state index in [9.17, 15) is 4.79 Å². The molecule has 3 aromatic rings. The summed E-state index contributed by atoms with van der Waals surface area (Å²) in [4.78, 5) is 16.6. The standard InChI is InChI=1S/C21H22N2O3/c1-2-25-18-10-3-8-17(15-18)21(24)23-13-6-14-26-19-11-4-7-16-9-5-12-22-20(16)19/h3-5,7-12,15H,2,6,13-14H2,1H3,(H,23,24). The van der Waals surface area contributed by atoms with Crippen LogP contribution in [0.5, 0.6) is 11.5 Å². The zero-order valence-electron chi connectivity index (χ0n) is 14.8. The molecule has 0 unspecified atom stereocenters. The van der Waals surface area contributed by atoms with E-state index in [-0.39, 0.29) is 5.91 Å². The molecule has 0 aliphatic carbocycles. The van der Waals surface area contributed by atoms with Gasteiger partial charge in [-0.05, 0) is 43.7 Å². The van der Waals surface area contributed by atoms with Gasteiger partial charge in [0, 0.05) is 23.7 Å². The molecule has 2 aromatic carbocycles. The SMILES string of the molecule is CCOc1cccc(C(=O)NCCCOc2cccc3cccnc23)c1. The number of nitrogens with zero attached hydrogens (tertiary/aromatic N) is 1. The summed E-state index contributed by atoms with van der Waals surface area (Å²) in [5.41, 5.74) is 1.45. The Morgan fingerprint density at radius 1 is 1.08 bits per heavy atom. The van der Waals surface area contributed by atoms with Crippen LogP contribution in [0.15, 0.2) is 60.8 Å². The molecule has 26 heavy (non-hydrogen) atoms. The van der Waals surface area contributed by atoms with Gasteiger partial charge in [0.25, 0.3) is 5.91 Å². The first kappa shape index (κ1) is 17.7. The van der Waals surface area contributed by atoms with Gasteiger partial charge in [-0.3, -0.25) is 9.78 Å². The fourth-order valence-corrected chi connectivity index (χ4v) is 2.64. The molecule has 3 rings (SSSR count). The summed E-state index contributed by atoms with van der Waals surface area (Å²) in [7, 11) is 0. The van der Waals surface area contributed by atoms with Crippen LogP contribution in [0.25, 0.3) is 10.9 Å². The molecule has 0 saturated heterocycles. The minimum atomic E-state index is -0.113. The van der Waals surface area contributed by atoms with Crippen LogP contribution in [0.1, 0.15) is 23.7 Å². The maximum absolute atomic E-state index is 12.2. The molecule has 0 spiro atoms. The fraction of sp³-hybridized carbons (Fsp3) is 0.238. The van der Waals surface area contributed by atoms with Crippen molar-refractivity contribution in [3.05, 3.63) is 66.4 Å². The molecule has 1 heterocycles. The van der Waals surface area contributed by atoms with Crippen LogP contribution in [0.2, 0.25) is 0 Å². The van der Waals surface area contributed by atoms with Crippen molar-refractivity contribution in [2.75, 3.05) is 19.8 Å². The lowest BCUT2D eigenvalue weighted by Gasteiger charge is -2.10. The topological polar surface area (TPSA) is 60.5 Å². The third-order valence-electron chi connectivity index (χ3n) is 3.87. The number of carbonyl (C=O) groups is 1. The minimum absolute atomic E-state index is 0.113. The van der Waals surface area contributed by atoms with Crippen molar-refractivity contribution in [1.29, 1.82) is 0 Å². The van der Waals surface area contributed by atoms with E-state index >= 15 is 0 Å². The normalized spacial score (nSPS) is 10.5. The Balaban J connectivity index is 1.47. The molecule has 0 fully saturated rings. The number of fused-ring (bicyclic) bond motifs is 1. The van der Waals surface area contributed by atoms with Crippen molar-refractivity contribution in [3.63, 3.8) is 0 Å². The van der Waals surface area contributed by atoms with Gasteiger partial charge in [-0.25, -0.2) is 0 Å². The van der Waals surface area contributed by atoms with E-state index < -0.39 is 0 Å². The van der Waals surface area contributed by atoms with E-state index in [2.05, 4.69) is 10.3 Å². The number of nitrogens with one attached hydrogen (secondary N) is 1. The van der Waals surface area contributed by atoms with Gasteiger partial charge in [0.15, 0.2) is 0 Å². The molecule has 0 aliphatic heterocycles. The summed E-state index contributed by atoms with van der Waals surface area (Å²) < 4.78 is 11.2. The Morgan fingerprint density at radius 2 is 1.92 bits per heavy atom. The van der Waals surface area contributed by atoms with Gasteiger partial charge in [0.1, 0.15) is 17.0 Å². The van der Waals surface area contributed by atoms with Gasteiger partial charge < -0.3 is 14.8 Å². The molecule has 0 bridgehead atoms. The van der Waals surface area contributed by atoms with Gasteiger partial charge in [-0.2, -0.15) is 0 Å². The number of carbonyl (C=O) groups excluding carboxylic acids is 1. The Morgan fingerprint density at radius 3 is 2.81 bits per heavy atom. The lowest BCUT2D eigenvalue weighted by Crippen LogP contribution is -2.25. The molecule has 5 heteroatoms. The van der Waals surface area contributed by atoms with Crippen molar-refractivity contribution >= 4 is 16.8 Å². The Kier molecular flexibility index (Phi) is 6.04. The number of ether oxygens (including phenoxy) is 2. The number of pyridine rings is 1. The summed E-state index contributed by atoms with van der Waals surface area (Å²) in [6.45, 7) is 3.54. The summed E-state index contributed by atoms with van der Waals surface area (Å²) in [6, 6.07) is 17.0. The monoisotopic (exact) mass is 350 g/mol. The predicted molar refractivity (Wildman–Crippen MR) is 102 cm³/mol. The highest BCUT2D eigenvalue weighted by atomic mass is 16.5. The van der Waals surface area contributed by atoms with Gasteiger partial charge in [0.2, 0.25) is 0 Å². The van der Waals surface area contributed by atoms with E-state index in [1.54, 1.807) is 18.3 Å². The maximum Gasteiger partial charge on any atom is 0.251 e. The second-order valence-corrected chi connectivity index (χ2v) is 5.75. The number of hydrogen-bond acceptors (Lipinski definition) is 4. The lowest BCUT2D eigenvalue weighted by atomic mass is 10.2. The van der Waals surface area contributed by atoms with Crippen LogP contribution in [-0.4, -0.2) is 30.6 Å². The zero-order chi connectivity index (χ0) is 18.2. The predicted octanol–water partition coefficient (Wildman–Crippen LogP) is 3.83. The molecule has 1 amide bonds. The number of hydrogen-bond donors (Lipinski definition) is 1. The molecule has 0 aliphatic rings. The highest BCUT2D eigenvalue weighted by Crippen LogP contribution is 2.22. The van der Waals surface area contributed by atoms with Crippen LogP contribution in [0.4, 0.5) is 0 Å². The van der Waals surface area contributed by atoms with Crippen LogP contribution >= 0.6 is 0 Å². The van der Waals surface area contributed by atoms with Crippen molar-refractivity contribution in [3.8, 4) is 11.5 Å². The molecule has 1 aromatic heterocycles. The number of rotatable bonds is 8. The molecule has 134 valence electrons.